The monoisotopic (exact) mass is 327 g/mol. The van der Waals surface area contributed by atoms with Crippen LogP contribution in [0.1, 0.15) is 37.8 Å². The van der Waals surface area contributed by atoms with Gasteiger partial charge in [0, 0.05) is 12.0 Å². The molecule has 2 aromatic carbocycles. The molecule has 2 N–H and O–H groups in total. The fraction of sp³-hybridized carbons (Fsp3) is 0.350. The van der Waals surface area contributed by atoms with Crippen molar-refractivity contribution >= 4 is 5.91 Å². The number of rotatable bonds is 7. The van der Waals surface area contributed by atoms with Gasteiger partial charge in [-0.3, -0.25) is 4.79 Å². The first-order valence-corrected chi connectivity index (χ1v) is 8.23. The number of amides is 1. The fourth-order valence-corrected chi connectivity index (χ4v) is 2.49. The Hall–Kier alpha value is -2.33. The molecule has 128 valence electrons. The minimum Gasteiger partial charge on any atom is -0.481 e. The SMILES string of the molecule is CC(Oc1cccc(CO)c1)C(=O)NC(C)C(C)c1ccccc1. The van der Waals surface area contributed by atoms with Gasteiger partial charge in [0.1, 0.15) is 5.75 Å². The summed E-state index contributed by atoms with van der Waals surface area (Å²) in [6.07, 6.45) is -0.607. The molecule has 0 radical (unpaired) electrons. The van der Waals surface area contributed by atoms with Gasteiger partial charge in [0.2, 0.25) is 0 Å². The van der Waals surface area contributed by atoms with Crippen LogP contribution in [-0.4, -0.2) is 23.2 Å². The van der Waals surface area contributed by atoms with Crippen molar-refractivity contribution in [2.24, 2.45) is 0 Å². The molecule has 0 aliphatic carbocycles. The second-order valence-electron chi connectivity index (χ2n) is 6.06. The highest BCUT2D eigenvalue weighted by Crippen LogP contribution is 2.19. The average Bonchev–Trinajstić information content (AvgIpc) is 2.61. The second kappa shape index (κ2) is 8.50. The molecule has 0 fully saturated rings. The number of ether oxygens (including phenoxy) is 1. The molecule has 0 heterocycles. The van der Waals surface area contributed by atoms with Crippen LogP contribution in [-0.2, 0) is 11.4 Å². The summed E-state index contributed by atoms with van der Waals surface area (Å²) in [7, 11) is 0. The highest BCUT2D eigenvalue weighted by atomic mass is 16.5. The Balaban J connectivity index is 1.93. The zero-order valence-electron chi connectivity index (χ0n) is 14.4. The van der Waals surface area contributed by atoms with Crippen LogP contribution >= 0.6 is 0 Å². The largest absolute Gasteiger partial charge is 0.481 e. The fourth-order valence-electron chi connectivity index (χ4n) is 2.49. The zero-order chi connectivity index (χ0) is 17.5. The first kappa shape index (κ1) is 18.0. The summed E-state index contributed by atoms with van der Waals surface area (Å²) < 4.78 is 5.68. The minimum absolute atomic E-state index is 0.00488. The molecule has 0 saturated carbocycles. The lowest BCUT2D eigenvalue weighted by Crippen LogP contribution is -2.43. The molecule has 0 aliphatic rings. The number of aliphatic hydroxyl groups is 1. The molecule has 24 heavy (non-hydrogen) atoms. The van der Waals surface area contributed by atoms with Crippen molar-refractivity contribution in [2.75, 3.05) is 0 Å². The van der Waals surface area contributed by atoms with E-state index in [-0.39, 0.29) is 24.5 Å². The molecule has 3 unspecified atom stereocenters. The number of hydrogen-bond acceptors (Lipinski definition) is 3. The third-order valence-corrected chi connectivity index (χ3v) is 4.21. The van der Waals surface area contributed by atoms with Crippen LogP contribution < -0.4 is 10.1 Å². The van der Waals surface area contributed by atoms with E-state index in [0.29, 0.717) is 5.75 Å². The topological polar surface area (TPSA) is 58.6 Å². The van der Waals surface area contributed by atoms with Crippen LogP contribution in [0.3, 0.4) is 0 Å². The Kier molecular flexibility index (Phi) is 6.38. The molecular weight excluding hydrogens is 302 g/mol. The van der Waals surface area contributed by atoms with Gasteiger partial charge in [-0.1, -0.05) is 49.4 Å². The van der Waals surface area contributed by atoms with E-state index < -0.39 is 6.10 Å². The molecule has 0 spiro atoms. The molecule has 0 saturated heterocycles. The summed E-state index contributed by atoms with van der Waals surface area (Å²) in [5.41, 5.74) is 1.95. The first-order chi connectivity index (χ1) is 11.5. The van der Waals surface area contributed by atoms with Crippen LogP contribution in [0.2, 0.25) is 0 Å². The first-order valence-electron chi connectivity index (χ1n) is 8.23. The van der Waals surface area contributed by atoms with Gasteiger partial charge in [0.25, 0.3) is 5.91 Å². The summed E-state index contributed by atoms with van der Waals surface area (Å²) in [6.45, 7) is 5.76. The Labute approximate surface area is 143 Å². The molecular formula is C20H25NO3. The van der Waals surface area contributed by atoms with Gasteiger partial charge in [-0.2, -0.15) is 0 Å². The van der Waals surface area contributed by atoms with Gasteiger partial charge in [-0.05, 0) is 37.1 Å². The third-order valence-electron chi connectivity index (χ3n) is 4.21. The number of nitrogens with one attached hydrogen (secondary N) is 1. The van der Waals surface area contributed by atoms with Crippen molar-refractivity contribution in [3.63, 3.8) is 0 Å². The predicted molar refractivity (Wildman–Crippen MR) is 94.9 cm³/mol. The molecule has 4 nitrogen and oxygen atoms in total. The molecule has 2 aromatic rings. The quantitative estimate of drug-likeness (QED) is 0.821. The smallest absolute Gasteiger partial charge is 0.261 e. The summed E-state index contributed by atoms with van der Waals surface area (Å²) in [5, 5.41) is 12.2. The summed E-state index contributed by atoms with van der Waals surface area (Å²) in [4.78, 5) is 12.4. The Morgan fingerprint density at radius 2 is 1.79 bits per heavy atom. The molecule has 0 bridgehead atoms. The van der Waals surface area contributed by atoms with E-state index in [0.717, 1.165) is 5.56 Å². The van der Waals surface area contributed by atoms with E-state index >= 15 is 0 Å². The standard InChI is InChI=1S/C20H25NO3/c1-14(18-9-5-4-6-10-18)15(2)21-20(23)16(3)24-19-11-7-8-17(12-19)13-22/h4-12,14-16,22H,13H2,1-3H3,(H,21,23). The van der Waals surface area contributed by atoms with E-state index in [4.69, 9.17) is 9.84 Å². The van der Waals surface area contributed by atoms with E-state index in [2.05, 4.69) is 24.4 Å². The average molecular weight is 327 g/mol. The van der Waals surface area contributed by atoms with Gasteiger partial charge in [-0.15, -0.1) is 0 Å². The van der Waals surface area contributed by atoms with Crippen molar-refractivity contribution in [1.82, 2.24) is 5.32 Å². The van der Waals surface area contributed by atoms with Gasteiger partial charge in [-0.25, -0.2) is 0 Å². The second-order valence-corrected chi connectivity index (χ2v) is 6.06. The van der Waals surface area contributed by atoms with Crippen LogP contribution in [0.15, 0.2) is 54.6 Å². The third kappa shape index (κ3) is 4.83. The van der Waals surface area contributed by atoms with Crippen molar-refractivity contribution in [2.45, 2.75) is 45.4 Å². The summed E-state index contributed by atoms with van der Waals surface area (Å²) in [6, 6.07) is 17.2. The lowest BCUT2D eigenvalue weighted by atomic mass is 9.94. The lowest BCUT2D eigenvalue weighted by molar-refractivity contribution is -0.128. The summed E-state index contributed by atoms with van der Waals surface area (Å²) in [5.74, 6) is 0.632. The maximum absolute atomic E-state index is 12.4. The van der Waals surface area contributed by atoms with E-state index in [1.165, 1.54) is 5.56 Å². The Morgan fingerprint density at radius 1 is 1.08 bits per heavy atom. The number of benzene rings is 2. The van der Waals surface area contributed by atoms with Crippen molar-refractivity contribution in [3.05, 3.63) is 65.7 Å². The van der Waals surface area contributed by atoms with Crippen molar-refractivity contribution < 1.29 is 14.6 Å². The molecule has 0 aromatic heterocycles. The molecule has 0 aliphatic heterocycles. The normalized spacial score (nSPS) is 14.5. The minimum atomic E-state index is -0.607. The molecule has 3 atom stereocenters. The molecule has 2 rings (SSSR count). The van der Waals surface area contributed by atoms with Gasteiger partial charge >= 0.3 is 0 Å². The van der Waals surface area contributed by atoms with Crippen LogP contribution in [0.5, 0.6) is 5.75 Å². The van der Waals surface area contributed by atoms with Crippen LogP contribution in [0.4, 0.5) is 0 Å². The van der Waals surface area contributed by atoms with Crippen molar-refractivity contribution in [1.29, 1.82) is 0 Å². The van der Waals surface area contributed by atoms with Crippen LogP contribution in [0.25, 0.3) is 0 Å². The Bertz CT molecular complexity index is 657. The maximum atomic E-state index is 12.4. The molecule has 1 amide bonds. The maximum Gasteiger partial charge on any atom is 0.261 e. The van der Waals surface area contributed by atoms with Crippen LogP contribution in [0, 0.1) is 0 Å². The van der Waals surface area contributed by atoms with Gasteiger partial charge in [0.15, 0.2) is 6.10 Å². The van der Waals surface area contributed by atoms with E-state index in [9.17, 15) is 4.79 Å². The Morgan fingerprint density at radius 3 is 2.46 bits per heavy atom. The number of hydrogen-bond donors (Lipinski definition) is 2. The van der Waals surface area contributed by atoms with Crippen molar-refractivity contribution in [3.8, 4) is 5.75 Å². The predicted octanol–water partition coefficient (Wildman–Crippen LogP) is 3.25. The zero-order valence-corrected chi connectivity index (χ0v) is 14.4. The van der Waals surface area contributed by atoms with E-state index in [1.54, 1.807) is 31.2 Å². The number of aliphatic hydroxyl groups excluding tert-OH is 1. The van der Waals surface area contributed by atoms with E-state index in [1.807, 2.05) is 25.1 Å². The highest BCUT2D eigenvalue weighted by Gasteiger charge is 2.21. The lowest BCUT2D eigenvalue weighted by Gasteiger charge is -2.24. The number of carbonyl (C=O) groups excluding carboxylic acids is 1. The highest BCUT2D eigenvalue weighted by molar-refractivity contribution is 5.81. The summed E-state index contributed by atoms with van der Waals surface area (Å²) >= 11 is 0. The molecule has 4 heteroatoms. The number of carbonyl (C=O) groups is 1. The van der Waals surface area contributed by atoms with Gasteiger partial charge in [0.05, 0.1) is 6.61 Å². The van der Waals surface area contributed by atoms with Gasteiger partial charge < -0.3 is 15.2 Å².